The monoisotopic (exact) mass is 246 g/mol. The Bertz CT molecular complexity index is 423. The molecule has 1 aromatic heterocycles. The first-order valence-electron chi connectivity index (χ1n) is 5.96. The largest absolute Gasteiger partial charge is 0.355 e. The molecule has 0 saturated heterocycles. The van der Waals surface area contributed by atoms with E-state index in [-0.39, 0.29) is 0 Å². The Hall–Kier alpha value is -1.35. The van der Waals surface area contributed by atoms with E-state index < -0.39 is 0 Å². The Morgan fingerprint density at radius 3 is 2.59 bits per heavy atom. The highest BCUT2D eigenvalue weighted by Gasteiger charge is 2.13. The Morgan fingerprint density at radius 1 is 1.24 bits per heavy atom. The number of hydrogen-bond acceptors (Lipinski definition) is 3. The summed E-state index contributed by atoms with van der Waals surface area (Å²) in [7, 11) is 0. The van der Waals surface area contributed by atoms with Gasteiger partial charge >= 0.3 is 0 Å². The molecule has 0 fully saturated rings. The van der Waals surface area contributed by atoms with E-state index in [0.717, 1.165) is 11.6 Å². The fourth-order valence-electron chi connectivity index (χ4n) is 1.88. The first-order chi connectivity index (χ1) is 8.25. The average molecular weight is 246 g/mol. The number of benzene rings is 1. The number of rotatable bonds is 5. The van der Waals surface area contributed by atoms with Crippen LogP contribution in [0.5, 0.6) is 0 Å². The molecule has 1 aromatic carbocycles. The summed E-state index contributed by atoms with van der Waals surface area (Å²) in [5.74, 6) is 0.660. The highest BCUT2D eigenvalue weighted by atomic mass is 32.1. The number of aromatic nitrogens is 1. The van der Waals surface area contributed by atoms with E-state index in [2.05, 4.69) is 54.5 Å². The van der Waals surface area contributed by atoms with E-state index in [9.17, 15) is 0 Å². The maximum atomic E-state index is 4.30. The van der Waals surface area contributed by atoms with E-state index >= 15 is 0 Å². The molecule has 2 rings (SSSR count). The summed E-state index contributed by atoms with van der Waals surface area (Å²) in [6, 6.07) is 10.9. The molecule has 17 heavy (non-hydrogen) atoms. The molecule has 3 heteroatoms. The fourth-order valence-corrected chi connectivity index (χ4v) is 2.46. The summed E-state index contributed by atoms with van der Waals surface area (Å²) in [6.45, 7) is 4.50. The predicted octanol–water partition coefficient (Wildman–Crippen LogP) is 4.34. The van der Waals surface area contributed by atoms with Crippen molar-refractivity contribution < 1.29 is 0 Å². The molecule has 2 aromatic rings. The zero-order chi connectivity index (χ0) is 12.1. The van der Waals surface area contributed by atoms with Gasteiger partial charge < -0.3 is 5.32 Å². The van der Waals surface area contributed by atoms with E-state index in [1.165, 1.54) is 5.56 Å². The van der Waals surface area contributed by atoms with Crippen molar-refractivity contribution in [1.82, 2.24) is 4.98 Å². The molecule has 0 spiro atoms. The van der Waals surface area contributed by atoms with Gasteiger partial charge in [0.1, 0.15) is 0 Å². The van der Waals surface area contributed by atoms with Crippen LogP contribution in [0.4, 0.5) is 5.13 Å². The van der Waals surface area contributed by atoms with Crippen LogP contribution in [-0.2, 0) is 0 Å². The van der Waals surface area contributed by atoms with Gasteiger partial charge in [0.15, 0.2) is 5.13 Å². The SMILES string of the molecule is CC(C)CC(Nc1nccs1)c1ccccc1. The Balaban J connectivity index is 2.14. The van der Waals surface area contributed by atoms with Crippen LogP contribution in [0.3, 0.4) is 0 Å². The first kappa shape index (κ1) is 12.1. The quantitative estimate of drug-likeness (QED) is 0.848. The maximum Gasteiger partial charge on any atom is 0.183 e. The molecule has 0 bridgehead atoms. The smallest absolute Gasteiger partial charge is 0.183 e. The topological polar surface area (TPSA) is 24.9 Å². The molecule has 2 nitrogen and oxygen atoms in total. The summed E-state index contributed by atoms with van der Waals surface area (Å²) in [4.78, 5) is 4.30. The summed E-state index contributed by atoms with van der Waals surface area (Å²) in [6.07, 6.45) is 2.95. The van der Waals surface area contributed by atoms with Crippen molar-refractivity contribution in [2.75, 3.05) is 5.32 Å². The average Bonchev–Trinajstić information content (AvgIpc) is 2.82. The number of hydrogen-bond donors (Lipinski definition) is 1. The summed E-state index contributed by atoms with van der Waals surface area (Å²) in [5.41, 5.74) is 1.33. The summed E-state index contributed by atoms with van der Waals surface area (Å²) >= 11 is 1.65. The van der Waals surface area contributed by atoms with E-state index in [1.54, 1.807) is 11.3 Å². The molecule has 1 atom stereocenters. The zero-order valence-corrected chi connectivity index (χ0v) is 11.1. The molecule has 0 amide bonds. The van der Waals surface area contributed by atoms with Crippen LogP contribution in [0.15, 0.2) is 41.9 Å². The normalized spacial score (nSPS) is 12.6. The van der Waals surface area contributed by atoms with Crippen LogP contribution in [0.2, 0.25) is 0 Å². The standard InChI is InChI=1S/C14H18N2S/c1-11(2)10-13(12-6-4-3-5-7-12)16-14-15-8-9-17-14/h3-9,11,13H,10H2,1-2H3,(H,15,16). The lowest BCUT2D eigenvalue weighted by Gasteiger charge is -2.20. The lowest BCUT2D eigenvalue weighted by molar-refractivity contribution is 0.531. The molecule has 0 saturated carbocycles. The number of anilines is 1. The van der Waals surface area contributed by atoms with Gasteiger partial charge in [0, 0.05) is 11.6 Å². The van der Waals surface area contributed by atoms with Gasteiger partial charge in [-0.25, -0.2) is 4.98 Å². The van der Waals surface area contributed by atoms with Gasteiger partial charge in [0.25, 0.3) is 0 Å². The predicted molar refractivity (Wildman–Crippen MR) is 74.4 cm³/mol. The second-order valence-electron chi connectivity index (χ2n) is 4.57. The molecule has 0 radical (unpaired) electrons. The van der Waals surface area contributed by atoms with Gasteiger partial charge in [-0.05, 0) is 17.9 Å². The van der Waals surface area contributed by atoms with Gasteiger partial charge in [-0.3, -0.25) is 0 Å². The first-order valence-corrected chi connectivity index (χ1v) is 6.84. The van der Waals surface area contributed by atoms with Gasteiger partial charge in [-0.15, -0.1) is 11.3 Å². The highest BCUT2D eigenvalue weighted by Crippen LogP contribution is 2.26. The van der Waals surface area contributed by atoms with Gasteiger partial charge in [-0.2, -0.15) is 0 Å². The van der Waals surface area contributed by atoms with E-state index in [1.807, 2.05) is 11.6 Å². The molecule has 0 aliphatic heterocycles. The molecule has 0 aliphatic carbocycles. The van der Waals surface area contributed by atoms with Crippen LogP contribution in [0.1, 0.15) is 31.9 Å². The lowest BCUT2D eigenvalue weighted by Crippen LogP contribution is -2.13. The van der Waals surface area contributed by atoms with Crippen LogP contribution in [0.25, 0.3) is 0 Å². The number of nitrogens with one attached hydrogen (secondary N) is 1. The van der Waals surface area contributed by atoms with E-state index in [0.29, 0.717) is 12.0 Å². The van der Waals surface area contributed by atoms with Gasteiger partial charge in [0.05, 0.1) is 6.04 Å². The lowest BCUT2D eigenvalue weighted by atomic mass is 9.97. The number of nitrogens with zero attached hydrogens (tertiary/aromatic N) is 1. The zero-order valence-electron chi connectivity index (χ0n) is 10.3. The third-order valence-corrected chi connectivity index (χ3v) is 3.34. The minimum absolute atomic E-state index is 0.349. The van der Waals surface area contributed by atoms with Crippen LogP contribution >= 0.6 is 11.3 Å². The van der Waals surface area contributed by atoms with Crippen LogP contribution in [-0.4, -0.2) is 4.98 Å². The molecular weight excluding hydrogens is 228 g/mol. The van der Waals surface area contributed by atoms with Crippen molar-refractivity contribution >= 4 is 16.5 Å². The Labute approximate surface area is 107 Å². The van der Waals surface area contributed by atoms with Crippen molar-refractivity contribution in [2.24, 2.45) is 5.92 Å². The Kier molecular flexibility index (Phi) is 4.15. The fraction of sp³-hybridized carbons (Fsp3) is 0.357. The van der Waals surface area contributed by atoms with Gasteiger partial charge in [0.2, 0.25) is 0 Å². The van der Waals surface area contributed by atoms with Crippen molar-refractivity contribution in [3.05, 3.63) is 47.5 Å². The second-order valence-corrected chi connectivity index (χ2v) is 5.47. The van der Waals surface area contributed by atoms with Gasteiger partial charge in [-0.1, -0.05) is 44.2 Å². The third kappa shape index (κ3) is 3.56. The molecule has 1 heterocycles. The van der Waals surface area contributed by atoms with Crippen molar-refractivity contribution in [1.29, 1.82) is 0 Å². The molecule has 1 N–H and O–H groups in total. The summed E-state index contributed by atoms with van der Waals surface area (Å²) < 4.78 is 0. The summed E-state index contributed by atoms with van der Waals surface area (Å²) in [5, 5.41) is 6.51. The van der Waals surface area contributed by atoms with Crippen LogP contribution < -0.4 is 5.32 Å². The van der Waals surface area contributed by atoms with E-state index in [4.69, 9.17) is 0 Å². The molecule has 1 unspecified atom stereocenters. The van der Waals surface area contributed by atoms with Crippen molar-refractivity contribution in [3.8, 4) is 0 Å². The minimum Gasteiger partial charge on any atom is -0.355 e. The van der Waals surface area contributed by atoms with Crippen LogP contribution in [0, 0.1) is 5.92 Å². The Morgan fingerprint density at radius 2 is 2.00 bits per heavy atom. The molecule has 90 valence electrons. The highest BCUT2D eigenvalue weighted by molar-refractivity contribution is 7.13. The number of thiazole rings is 1. The second kappa shape index (κ2) is 5.82. The third-order valence-electron chi connectivity index (χ3n) is 2.64. The maximum absolute atomic E-state index is 4.30. The molecule has 0 aliphatic rings. The van der Waals surface area contributed by atoms with Crippen molar-refractivity contribution in [2.45, 2.75) is 26.3 Å². The molecular formula is C14H18N2S. The van der Waals surface area contributed by atoms with Crippen molar-refractivity contribution in [3.63, 3.8) is 0 Å². The minimum atomic E-state index is 0.349.